The Bertz CT molecular complexity index is 1130. The van der Waals surface area contributed by atoms with Crippen LogP contribution in [0.15, 0.2) is 11.8 Å². The molecule has 9 nitrogen and oxygen atoms in total. The van der Waals surface area contributed by atoms with Gasteiger partial charge in [0.25, 0.3) is 5.91 Å². The number of halogens is 4. The fourth-order valence-corrected chi connectivity index (χ4v) is 7.54. The van der Waals surface area contributed by atoms with E-state index in [4.69, 9.17) is 4.74 Å². The molecule has 214 valence electrons. The molecule has 2 N–H and O–H groups in total. The number of alkyl halides is 4. The number of carbonyl (C=O) groups excluding carboxylic acids is 2. The molecule has 0 spiro atoms. The number of aromatic nitrogens is 2. The number of anilines is 1. The lowest BCUT2D eigenvalue weighted by Crippen LogP contribution is -2.72. The van der Waals surface area contributed by atoms with Crippen molar-refractivity contribution in [3.8, 4) is 0 Å². The minimum absolute atomic E-state index is 0.0553. The van der Waals surface area contributed by atoms with Gasteiger partial charge >= 0.3 is 6.18 Å². The number of fused-ring (bicyclic) bond motifs is 2. The van der Waals surface area contributed by atoms with E-state index in [0.717, 1.165) is 45.3 Å². The Kier molecular flexibility index (Phi) is 7.40. The third-order valence-electron chi connectivity index (χ3n) is 8.72. The highest BCUT2D eigenvalue weighted by molar-refractivity contribution is 7.15. The Labute approximate surface area is 227 Å². The number of nitrogens with one attached hydrogen (secondary N) is 2. The molecule has 3 aliphatic heterocycles. The molecule has 4 fully saturated rings. The second-order valence-corrected chi connectivity index (χ2v) is 12.1. The summed E-state index contributed by atoms with van der Waals surface area (Å²) in [6, 6.07) is -1.04. The lowest BCUT2D eigenvalue weighted by atomic mass is 9.69. The Morgan fingerprint density at radius 3 is 2.67 bits per heavy atom. The van der Waals surface area contributed by atoms with Crippen LogP contribution in [0.5, 0.6) is 0 Å². The van der Waals surface area contributed by atoms with Gasteiger partial charge in [0.15, 0.2) is 5.78 Å². The largest absolute Gasteiger partial charge is 0.445 e. The number of amides is 1. The molecule has 0 aromatic carbocycles. The first-order valence-corrected chi connectivity index (χ1v) is 14.5. The molecular formula is C25H32F4N6O3S. The molecule has 2 saturated carbocycles. The highest BCUT2D eigenvalue weighted by atomic mass is 32.1. The van der Waals surface area contributed by atoms with Crippen molar-refractivity contribution in [3.63, 3.8) is 0 Å². The fraction of sp³-hybridized carbons (Fsp3) is 0.760. The quantitative estimate of drug-likeness (QED) is 0.397. The van der Waals surface area contributed by atoms with Crippen LogP contribution in [0.3, 0.4) is 0 Å². The zero-order valence-corrected chi connectivity index (χ0v) is 22.1. The lowest BCUT2D eigenvalue weighted by Gasteiger charge is -2.59. The van der Waals surface area contributed by atoms with Crippen LogP contribution in [0.2, 0.25) is 0 Å². The summed E-state index contributed by atoms with van der Waals surface area (Å²) >= 11 is 0.187. The van der Waals surface area contributed by atoms with Gasteiger partial charge in [0.05, 0.1) is 35.9 Å². The number of ketones is 1. The fourth-order valence-electron chi connectivity index (χ4n) is 6.94. The van der Waals surface area contributed by atoms with Gasteiger partial charge in [0.2, 0.25) is 10.1 Å². The van der Waals surface area contributed by atoms with E-state index in [-0.39, 0.29) is 40.6 Å². The van der Waals surface area contributed by atoms with Crippen molar-refractivity contribution >= 4 is 28.2 Å². The second kappa shape index (κ2) is 10.7. The average Bonchev–Trinajstić information content (AvgIpc) is 3.59. The molecule has 14 heteroatoms. The summed E-state index contributed by atoms with van der Waals surface area (Å²) < 4.78 is 61.1. The van der Waals surface area contributed by atoms with Gasteiger partial charge in [-0.25, -0.2) is 4.39 Å². The van der Waals surface area contributed by atoms with Crippen LogP contribution < -0.4 is 10.6 Å². The first-order valence-electron chi connectivity index (χ1n) is 13.7. The SMILES string of the molecule is O=C(Nc1nnc(C(F)(F)F)s1)C1=CN2C3CCCCC3OC3C(NCCN4CCCC4)C(F)CC(C1=O)C32. The molecule has 1 aromatic rings. The summed E-state index contributed by atoms with van der Waals surface area (Å²) in [7, 11) is 0. The minimum atomic E-state index is -4.69. The van der Waals surface area contributed by atoms with Crippen LogP contribution >= 0.6 is 11.3 Å². The van der Waals surface area contributed by atoms with E-state index in [1.165, 1.54) is 19.0 Å². The number of hydrogen-bond donors (Lipinski definition) is 2. The second-order valence-electron chi connectivity index (χ2n) is 11.1. The first kappa shape index (κ1) is 27.0. The van der Waals surface area contributed by atoms with Crippen molar-refractivity contribution in [1.82, 2.24) is 25.3 Å². The zero-order chi connectivity index (χ0) is 27.3. The number of likely N-dealkylation sites (tertiary alicyclic amines) is 1. The highest BCUT2D eigenvalue weighted by Crippen LogP contribution is 2.45. The topological polar surface area (TPSA) is 99.7 Å². The Balaban J connectivity index is 1.25. The molecule has 7 atom stereocenters. The maximum atomic E-state index is 15.7. The van der Waals surface area contributed by atoms with Crippen molar-refractivity contribution in [2.24, 2.45) is 5.92 Å². The van der Waals surface area contributed by atoms with Gasteiger partial charge < -0.3 is 19.9 Å². The molecule has 1 amide bonds. The first-order chi connectivity index (χ1) is 18.7. The predicted molar refractivity (Wildman–Crippen MR) is 134 cm³/mol. The Hall–Kier alpha value is -2.16. The molecule has 2 aliphatic carbocycles. The Morgan fingerprint density at radius 1 is 1.15 bits per heavy atom. The normalized spacial score (nSPS) is 34.9. The van der Waals surface area contributed by atoms with Gasteiger partial charge in [-0.1, -0.05) is 24.2 Å². The number of carbonyl (C=O) groups is 2. The molecule has 2 saturated heterocycles. The molecule has 0 bridgehead atoms. The molecule has 39 heavy (non-hydrogen) atoms. The number of rotatable bonds is 6. The highest BCUT2D eigenvalue weighted by Gasteiger charge is 2.58. The van der Waals surface area contributed by atoms with Gasteiger partial charge in [0, 0.05) is 25.2 Å². The van der Waals surface area contributed by atoms with E-state index in [2.05, 4.69) is 25.7 Å². The lowest BCUT2D eigenvalue weighted by molar-refractivity contribution is -0.197. The summed E-state index contributed by atoms with van der Waals surface area (Å²) in [6.45, 7) is 3.54. The van der Waals surface area contributed by atoms with Gasteiger partial charge in [-0.05, 0) is 45.2 Å². The summed E-state index contributed by atoms with van der Waals surface area (Å²) in [5.74, 6) is -2.18. The van der Waals surface area contributed by atoms with E-state index >= 15 is 4.39 Å². The summed E-state index contributed by atoms with van der Waals surface area (Å²) in [6.07, 6.45) is 0.660. The molecule has 6 rings (SSSR count). The van der Waals surface area contributed by atoms with Crippen LogP contribution in [0.4, 0.5) is 22.7 Å². The minimum Gasteiger partial charge on any atom is -0.369 e. The molecule has 7 unspecified atom stereocenters. The van der Waals surface area contributed by atoms with Crippen LogP contribution in [0, 0.1) is 5.92 Å². The molecule has 4 heterocycles. The van der Waals surface area contributed by atoms with Crippen molar-refractivity contribution in [2.45, 2.75) is 87.6 Å². The van der Waals surface area contributed by atoms with Crippen molar-refractivity contribution in [3.05, 3.63) is 16.8 Å². The van der Waals surface area contributed by atoms with Gasteiger partial charge in [-0.15, -0.1) is 10.2 Å². The summed E-state index contributed by atoms with van der Waals surface area (Å²) in [5.41, 5.74) is -0.197. The summed E-state index contributed by atoms with van der Waals surface area (Å²) in [5, 5.41) is 10.6. The number of ether oxygens (including phenoxy) is 1. The third kappa shape index (κ3) is 5.20. The van der Waals surface area contributed by atoms with Crippen molar-refractivity contribution in [1.29, 1.82) is 0 Å². The molecule has 5 aliphatic rings. The van der Waals surface area contributed by atoms with E-state index in [0.29, 0.717) is 6.54 Å². The van der Waals surface area contributed by atoms with Crippen molar-refractivity contribution in [2.75, 3.05) is 31.5 Å². The van der Waals surface area contributed by atoms with E-state index in [1.807, 2.05) is 4.90 Å². The molecule has 1 aromatic heterocycles. The zero-order valence-electron chi connectivity index (χ0n) is 21.3. The van der Waals surface area contributed by atoms with E-state index in [9.17, 15) is 22.8 Å². The number of Topliss-reactive ketones (excluding diaryl/α,β-unsaturated/α-hetero) is 1. The van der Waals surface area contributed by atoms with Gasteiger partial charge in [-0.2, -0.15) is 13.2 Å². The smallest absolute Gasteiger partial charge is 0.369 e. The third-order valence-corrected chi connectivity index (χ3v) is 9.60. The number of hydrogen-bond acceptors (Lipinski definition) is 9. The molecule has 0 radical (unpaired) electrons. The van der Waals surface area contributed by atoms with Crippen LogP contribution in [-0.4, -0.2) is 94.4 Å². The van der Waals surface area contributed by atoms with Crippen molar-refractivity contribution < 1.29 is 31.9 Å². The number of morpholine rings is 1. The Morgan fingerprint density at radius 2 is 1.92 bits per heavy atom. The van der Waals surface area contributed by atoms with Gasteiger partial charge in [0.1, 0.15) is 6.17 Å². The maximum absolute atomic E-state index is 15.7. The molecular weight excluding hydrogens is 540 g/mol. The number of nitrogens with zero attached hydrogens (tertiary/aromatic N) is 4. The van der Waals surface area contributed by atoms with Crippen LogP contribution in [0.25, 0.3) is 0 Å². The van der Waals surface area contributed by atoms with Crippen LogP contribution in [-0.2, 0) is 20.5 Å². The monoisotopic (exact) mass is 572 g/mol. The van der Waals surface area contributed by atoms with E-state index < -0.39 is 53.2 Å². The van der Waals surface area contributed by atoms with E-state index in [1.54, 1.807) is 0 Å². The maximum Gasteiger partial charge on any atom is 0.445 e. The predicted octanol–water partition coefficient (Wildman–Crippen LogP) is 2.75. The van der Waals surface area contributed by atoms with Gasteiger partial charge in [-0.3, -0.25) is 14.9 Å². The standard InChI is InChI=1S/C25H32F4N6O3S/c26-15-11-13-19-21(18(15)30-7-10-34-8-3-4-9-34)38-17-6-2-1-5-16(17)35(19)12-14(20(13)36)22(37)31-24-33-32-23(39-24)25(27,28)29/h12-13,15-19,21,30H,1-11H2,(H,31,33,37). The van der Waals surface area contributed by atoms with Crippen LogP contribution in [0.1, 0.15) is 50.0 Å². The average molecular weight is 573 g/mol. The summed E-state index contributed by atoms with van der Waals surface area (Å²) in [4.78, 5) is 31.1.